The number of hydrogen-bond acceptors (Lipinski definition) is 6. The lowest BCUT2D eigenvalue weighted by Crippen LogP contribution is -2.54. The first kappa shape index (κ1) is 17.7. The number of urea groups is 1. The molecule has 1 aliphatic heterocycles. The minimum atomic E-state index is -0.841. The zero-order valence-electron chi connectivity index (χ0n) is 14.4. The molecule has 0 unspecified atom stereocenters. The minimum absolute atomic E-state index is 0.125. The average Bonchev–Trinajstić information content (AvgIpc) is 3.03. The lowest BCUT2D eigenvalue weighted by atomic mass is 10.1. The van der Waals surface area contributed by atoms with Gasteiger partial charge in [0, 0.05) is 10.9 Å². The fourth-order valence-corrected chi connectivity index (χ4v) is 3.37. The van der Waals surface area contributed by atoms with Crippen LogP contribution in [0.1, 0.15) is 10.4 Å². The molecule has 134 valence electrons. The maximum absolute atomic E-state index is 12.9. The number of methoxy groups -OCH3 is 2. The van der Waals surface area contributed by atoms with Gasteiger partial charge in [-0.3, -0.25) is 14.9 Å². The molecule has 0 spiro atoms. The Bertz CT molecular complexity index is 931. The Labute approximate surface area is 153 Å². The smallest absolute Gasteiger partial charge is 0.336 e. The molecule has 1 aromatic carbocycles. The summed E-state index contributed by atoms with van der Waals surface area (Å²) in [7, 11) is 2.90. The molecule has 3 rings (SSSR count). The summed E-state index contributed by atoms with van der Waals surface area (Å²) in [6.45, 7) is 1.88. The van der Waals surface area contributed by atoms with Crippen molar-refractivity contribution in [2.24, 2.45) is 0 Å². The van der Waals surface area contributed by atoms with Crippen molar-refractivity contribution in [2.45, 2.75) is 6.92 Å². The molecule has 0 aliphatic carbocycles. The van der Waals surface area contributed by atoms with Crippen LogP contribution in [-0.4, -0.2) is 32.1 Å². The van der Waals surface area contributed by atoms with E-state index in [0.717, 1.165) is 15.3 Å². The lowest BCUT2D eigenvalue weighted by Gasteiger charge is -2.27. The first-order valence-corrected chi connectivity index (χ1v) is 8.51. The zero-order chi connectivity index (χ0) is 18.8. The molecule has 0 radical (unpaired) electrons. The number of anilines is 1. The number of benzene rings is 1. The molecule has 1 aromatic heterocycles. The second kappa shape index (κ2) is 7.01. The van der Waals surface area contributed by atoms with Gasteiger partial charge in [0.15, 0.2) is 0 Å². The van der Waals surface area contributed by atoms with Crippen molar-refractivity contribution in [1.29, 1.82) is 0 Å². The van der Waals surface area contributed by atoms with Crippen LogP contribution in [0.15, 0.2) is 35.2 Å². The summed E-state index contributed by atoms with van der Waals surface area (Å²) in [5, 5.41) is 4.06. The minimum Gasteiger partial charge on any atom is -0.497 e. The fraction of sp³-hybridized carbons (Fsp3) is 0.167. The van der Waals surface area contributed by atoms with Crippen LogP contribution in [-0.2, 0) is 9.59 Å². The number of carbonyl (C=O) groups excluding carboxylic acids is 3. The molecule has 2 aromatic rings. The maximum atomic E-state index is 12.9. The molecule has 4 amide bonds. The number of ether oxygens (including phenoxy) is 2. The molecule has 2 heterocycles. The third kappa shape index (κ3) is 3.06. The number of nitrogens with one attached hydrogen (secondary N) is 1. The summed E-state index contributed by atoms with van der Waals surface area (Å²) in [6.07, 6.45) is 1.49. The van der Waals surface area contributed by atoms with Gasteiger partial charge in [0.1, 0.15) is 17.1 Å². The number of rotatable bonds is 4. The van der Waals surface area contributed by atoms with Crippen molar-refractivity contribution in [3.8, 4) is 11.5 Å². The van der Waals surface area contributed by atoms with Gasteiger partial charge >= 0.3 is 6.03 Å². The van der Waals surface area contributed by atoms with Crippen LogP contribution in [0.25, 0.3) is 6.08 Å². The quantitative estimate of drug-likeness (QED) is 0.659. The van der Waals surface area contributed by atoms with Crippen LogP contribution < -0.4 is 19.7 Å². The SMILES string of the molecule is COc1ccc(OC)c(N2C(=O)NC(=O)C(=Cc3sccc3C)C2=O)c1. The Morgan fingerprint density at radius 1 is 1.12 bits per heavy atom. The normalized spacial score (nSPS) is 16.0. The van der Waals surface area contributed by atoms with E-state index in [1.54, 1.807) is 12.1 Å². The Morgan fingerprint density at radius 2 is 1.88 bits per heavy atom. The van der Waals surface area contributed by atoms with Crippen LogP contribution >= 0.6 is 11.3 Å². The van der Waals surface area contributed by atoms with E-state index in [1.165, 1.54) is 37.7 Å². The first-order chi connectivity index (χ1) is 12.5. The van der Waals surface area contributed by atoms with E-state index < -0.39 is 17.8 Å². The number of barbiturate groups is 1. The van der Waals surface area contributed by atoms with Crippen LogP contribution in [0.4, 0.5) is 10.5 Å². The van der Waals surface area contributed by atoms with Crippen molar-refractivity contribution in [2.75, 3.05) is 19.1 Å². The Balaban J connectivity index is 2.09. The Kier molecular flexibility index (Phi) is 4.77. The van der Waals surface area contributed by atoms with E-state index in [2.05, 4.69) is 5.32 Å². The van der Waals surface area contributed by atoms with Crippen LogP contribution in [0.3, 0.4) is 0 Å². The highest BCUT2D eigenvalue weighted by atomic mass is 32.1. The highest BCUT2D eigenvalue weighted by Gasteiger charge is 2.38. The molecule has 1 aliphatic rings. The molecule has 26 heavy (non-hydrogen) atoms. The topological polar surface area (TPSA) is 84.9 Å². The highest BCUT2D eigenvalue weighted by molar-refractivity contribution is 7.11. The van der Waals surface area contributed by atoms with Crippen molar-refractivity contribution >= 4 is 40.9 Å². The van der Waals surface area contributed by atoms with Gasteiger partial charge in [0.2, 0.25) is 0 Å². The van der Waals surface area contributed by atoms with E-state index in [4.69, 9.17) is 9.47 Å². The van der Waals surface area contributed by atoms with Crippen molar-refractivity contribution in [1.82, 2.24) is 5.32 Å². The van der Waals surface area contributed by atoms with E-state index in [1.807, 2.05) is 18.4 Å². The van der Waals surface area contributed by atoms with Crippen molar-refractivity contribution < 1.29 is 23.9 Å². The number of imide groups is 2. The van der Waals surface area contributed by atoms with Gasteiger partial charge in [-0.25, -0.2) is 9.69 Å². The summed E-state index contributed by atoms with van der Waals surface area (Å²) >= 11 is 1.40. The third-order valence-corrected chi connectivity index (χ3v) is 4.87. The third-order valence-electron chi connectivity index (χ3n) is 3.91. The van der Waals surface area contributed by atoms with Crippen molar-refractivity contribution in [3.05, 3.63) is 45.7 Å². The van der Waals surface area contributed by atoms with Crippen molar-refractivity contribution in [3.63, 3.8) is 0 Å². The van der Waals surface area contributed by atoms with Gasteiger partial charge in [-0.1, -0.05) is 0 Å². The van der Waals surface area contributed by atoms with Gasteiger partial charge in [0.05, 0.1) is 19.9 Å². The summed E-state index contributed by atoms with van der Waals surface area (Å²) < 4.78 is 10.4. The highest BCUT2D eigenvalue weighted by Crippen LogP contribution is 2.34. The molecule has 8 heteroatoms. The predicted molar refractivity (Wildman–Crippen MR) is 97.6 cm³/mol. The molecule has 0 atom stereocenters. The van der Waals surface area contributed by atoms with E-state index in [9.17, 15) is 14.4 Å². The predicted octanol–water partition coefficient (Wildman–Crippen LogP) is 2.74. The molecular formula is C18H16N2O5S. The fourth-order valence-electron chi connectivity index (χ4n) is 2.51. The number of aryl methyl sites for hydroxylation is 1. The summed E-state index contributed by atoms with van der Waals surface area (Å²) in [4.78, 5) is 39.1. The second-order valence-electron chi connectivity index (χ2n) is 5.46. The summed E-state index contributed by atoms with van der Waals surface area (Å²) in [5.74, 6) is -0.711. The largest absolute Gasteiger partial charge is 0.497 e. The molecule has 1 N–H and O–H groups in total. The maximum Gasteiger partial charge on any atom is 0.336 e. The summed E-state index contributed by atoms with van der Waals surface area (Å²) in [6, 6.07) is 5.77. The van der Waals surface area contributed by atoms with Crippen LogP contribution in [0, 0.1) is 6.92 Å². The molecule has 1 saturated heterocycles. The number of hydrogen-bond donors (Lipinski definition) is 1. The summed E-state index contributed by atoms with van der Waals surface area (Å²) in [5.41, 5.74) is 1.00. The Morgan fingerprint density at radius 3 is 2.50 bits per heavy atom. The standard InChI is InChI=1S/C18H16N2O5S/c1-10-6-7-26-15(10)9-12-16(21)19-18(23)20(17(12)22)13-8-11(24-2)4-5-14(13)25-3/h4-9H,1-3H3,(H,19,21,23). The number of amides is 4. The molecule has 7 nitrogen and oxygen atoms in total. The molecule has 0 saturated carbocycles. The molecular weight excluding hydrogens is 356 g/mol. The molecule has 1 fully saturated rings. The van der Waals surface area contributed by atoms with E-state index >= 15 is 0 Å². The van der Waals surface area contributed by atoms with Gasteiger partial charge in [0.25, 0.3) is 11.8 Å². The van der Waals surface area contributed by atoms with Gasteiger partial charge in [-0.05, 0) is 42.1 Å². The zero-order valence-corrected chi connectivity index (χ0v) is 15.2. The average molecular weight is 372 g/mol. The van der Waals surface area contributed by atoms with Crippen LogP contribution in [0.5, 0.6) is 11.5 Å². The molecule has 0 bridgehead atoms. The van der Waals surface area contributed by atoms with Gasteiger partial charge in [-0.15, -0.1) is 11.3 Å². The Hall–Kier alpha value is -3.13. The monoisotopic (exact) mass is 372 g/mol. The lowest BCUT2D eigenvalue weighted by molar-refractivity contribution is -0.122. The van der Waals surface area contributed by atoms with E-state index in [-0.39, 0.29) is 11.3 Å². The first-order valence-electron chi connectivity index (χ1n) is 7.64. The van der Waals surface area contributed by atoms with Gasteiger partial charge < -0.3 is 9.47 Å². The van der Waals surface area contributed by atoms with E-state index in [0.29, 0.717) is 11.5 Å². The van der Waals surface area contributed by atoms with Gasteiger partial charge in [-0.2, -0.15) is 0 Å². The second-order valence-corrected chi connectivity index (χ2v) is 6.41. The number of nitrogens with zero attached hydrogens (tertiary/aromatic N) is 1. The van der Waals surface area contributed by atoms with Crippen LogP contribution in [0.2, 0.25) is 0 Å². The number of thiophene rings is 1. The number of carbonyl (C=O) groups is 3.